The quantitative estimate of drug-likeness (QED) is 0.774. The average molecular weight is 362 g/mol. The standard InChI is InChI=1S/C21H18N2O4/c1-13(18-11-20(25)23-21(18)26)17-10-16(8-9-19(17)22-14(2)24)27-12-15-6-4-3-5-7-15/h3-11H,1,12H2,2H3,(H,22,24)(H,23,25,26). The van der Waals surface area contributed by atoms with E-state index in [9.17, 15) is 14.4 Å². The minimum Gasteiger partial charge on any atom is -0.489 e. The van der Waals surface area contributed by atoms with Crippen molar-refractivity contribution in [1.29, 1.82) is 0 Å². The Bertz CT molecular complexity index is 961. The lowest BCUT2D eigenvalue weighted by molar-refractivity contribution is -0.123. The molecule has 1 heterocycles. The van der Waals surface area contributed by atoms with Crippen LogP contribution < -0.4 is 15.4 Å². The van der Waals surface area contributed by atoms with Crippen LogP contribution in [-0.2, 0) is 21.0 Å². The summed E-state index contributed by atoms with van der Waals surface area (Å²) >= 11 is 0. The Labute approximate surface area is 156 Å². The number of amides is 3. The summed E-state index contributed by atoms with van der Waals surface area (Å²) in [7, 11) is 0. The van der Waals surface area contributed by atoms with Gasteiger partial charge >= 0.3 is 0 Å². The third-order valence-electron chi connectivity index (χ3n) is 3.96. The van der Waals surface area contributed by atoms with Crippen molar-refractivity contribution in [2.75, 3.05) is 5.32 Å². The van der Waals surface area contributed by atoms with Crippen molar-refractivity contribution in [2.24, 2.45) is 0 Å². The number of carbonyl (C=O) groups excluding carboxylic acids is 3. The normalized spacial score (nSPS) is 13.0. The first-order chi connectivity index (χ1) is 12.9. The molecular weight excluding hydrogens is 344 g/mol. The molecule has 136 valence electrons. The van der Waals surface area contributed by atoms with Crippen LogP contribution in [0.1, 0.15) is 18.1 Å². The first-order valence-corrected chi connectivity index (χ1v) is 8.29. The van der Waals surface area contributed by atoms with Gasteiger partial charge in [0.1, 0.15) is 12.4 Å². The molecule has 0 spiro atoms. The second-order valence-electron chi connectivity index (χ2n) is 6.02. The van der Waals surface area contributed by atoms with E-state index in [2.05, 4.69) is 17.2 Å². The minimum absolute atomic E-state index is 0.159. The maximum Gasteiger partial charge on any atom is 0.258 e. The Kier molecular flexibility index (Phi) is 5.17. The fourth-order valence-corrected chi connectivity index (χ4v) is 2.68. The minimum atomic E-state index is -0.519. The molecular formula is C21H18N2O4. The van der Waals surface area contributed by atoms with Crippen LogP contribution in [0.2, 0.25) is 0 Å². The third-order valence-corrected chi connectivity index (χ3v) is 3.96. The Morgan fingerprint density at radius 2 is 1.89 bits per heavy atom. The van der Waals surface area contributed by atoms with Crippen LogP contribution in [0.25, 0.3) is 5.57 Å². The van der Waals surface area contributed by atoms with Crippen molar-refractivity contribution in [1.82, 2.24) is 5.32 Å². The second kappa shape index (κ2) is 7.70. The molecule has 6 heteroatoms. The van der Waals surface area contributed by atoms with Crippen LogP contribution in [0.3, 0.4) is 0 Å². The van der Waals surface area contributed by atoms with E-state index in [1.165, 1.54) is 13.0 Å². The van der Waals surface area contributed by atoms with Gasteiger partial charge in [-0.3, -0.25) is 19.7 Å². The molecule has 0 aliphatic carbocycles. The molecule has 0 fully saturated rings. The maximum absolute atomic E-state index is 11.9. The van der Waals surface area contributed by atoms with E-state index >= 15 is 0 Å². The van der Waals surface area contributed by atoms with Gasteiger partial charge in [0.15, 0.2) is 0 Å². The van der Waals surface area contributed by atoms with E-state index in [-0.39, 0.29) is 11.5 Å². The molecule has 0 saturated carbocycles. The SMILES string of the molecule is C=C(C1=CC(=O)NC1=O)c1cc(OCc2ccccc2)ccc1NC(C)=O. The van der Waals surface area contributed by atoms with Crippen LogP contribution in [-0.4, -0.2) is 17.7 Å². The molecule has 0 radical (unpaired) electrons. The molecule has 1 aliphatic heterocycles. The summed E-state index contributed by atoms with van der Waals surface area (Å²) in [4.78, 5) is 34.9. The smallest absolute Gasteiger partial charge is 0.258 e. The molecule has 0 unspecified atom stereocenters. The summed E-state index contributed by atoms with van der Waals surface area (Å²) < 4.78 is 5.81. The summed E-state index contributed by atoms with van der Waals surface area (Å²) in [6.45, 7) is 5.69. The van der Waals surface area contributed by atoms with Gasteiger partial charge < -0.3 is 10.1 Å². The fraction of sp³-hybridized carbons (Fsp3) is 0.0952. The topological polar surface area (TPSA) is 84.5 Å². The van der Waals surface area contributed by atoms with Gasteiger partial charge in [-0.15, -0.1) is 0 Å². The zero-order chi connectivity index (χ0) is 19.4. The number of anilines is 1. The Morgan fingerprint density at radius 1 is 1.15 bits per heavy atom. The highest BCUT2D eigenvalue weighted by atomic mass is 16.5. The lowest BCUT2D eigenvalue weighted by Crippen LogP contribution is -2.22. The molecule has 3 amide bonds. The van der Waals surface area contributed by atoms with E-state index in [1.807, 2.05) is 30.3 Å². The molecule has 6 nitrogen and oxygen atoms in total. The molecule has 3 rings (SSSR count). The summed E-state index contributed by atoms with van der Waals surface area (Å²) in [6, 6.07) is 14.8. The van der Waals surface area contributed by atoms with Crippen LogP contribution in [0, 0.1) is 0 Å². The number of benzene rings is 2. The van der Waals surface area contributed by atoms with Gasteiger partial charge in [-0.05, 0) is 29.3 Å². The van der Waals surface area contributed by atoms with Crippen LogP contribution in [0.15, 0.2) is 66.8 Å². The number of rotatable bonds is 6. The highest BCUT2D eigenvalue weighted by Crippen LogP contribution is 2.33. The lowest BCUT2D eigenvalue weighted by atomic mass is 9.97. The maximum atomic E-state index is 11.9. The number of carbonyl (C=O) groups is 3. The van der Waals surface area contributed by atoms with Crippen molar-refractivity contribution >= 4 is 29.0 Å². The van der Waals surface area contributed by atoms with E-state index in [1.54, 1.807) is 18.2 Å². The number of hydrogen-bond donors (Lipinski definition) is 2. The largest absolute Gasteiger partial charge is 0.489 e. The van der Waals surface area contributed by atoms with Gasteiger partial charge in [-0.2, -0.15) is 0 Å². The molecule has 2 aromatic carbocycles. The van der Waals surface area contributed by atoms with Gasteiger partial charge in [0, 0.05) is 24.3 Å². The predicted molar refractivity (Wildman–Crippen MR) is 102 cm³/mol. The van der Waals surface area contributed by atoms with Crippen molar-refractivity contribution in [3.63, 3.8) is 0 Å². The first-order valence-electron chi connectivity index (χ1n) is 8.29. The van der Waals surface area contributed by atoms with Crippen molar-refractivity contribution in [3.05, 3.63) is 77.9 Å². The molecule has 1 aliphatic rings. The Balaban J connectivity index is 1.90. The zero-order valence-electron chi connectivity index (χ0n) is 14.7. The lowest BCUT2D eigenvalue weighted by Gasteiger charge is -2.15. The summed E-state index contributed by atoms with van der Waals surface area (Å²) in [5.74, 6) is -0.722. The van der Waals surface area contributed by atoms with Crippen molar-refractivity contribution < 1.29 is 19.1 Å². The monoisotopic (exact) mass is 362 g/mol. The van der Waals surface area contributed by atoms with Gasteiger partial charge in [0.05, 0.1) is 5.57 Å². The van der Waals surface area contributed by atoms with Crippen molar-refractivity contribution in [3.8, 4) is 5.75 Å². The predicted octanol–water partition coefficient (Wildman–Crippen LogP) is 2.82. The van der Waals surface area contributed by atoms with Crippen molar-refractivity contribution in [2.45, 2.75) is 13.5 Å². The highest BCUT2D eigenvalue weighted by Gasteiger charge is 2.25. The van der Waals surface area contributed by atoms with Gasteiger partial charge in [-0.1, -0.05) is 36.9 Å². The number of nitrogens with one attached hydrogen (secondary N) is 2. The zero-order valence-corrected chi connectivity index (χ0v) is 14.7. The molecule has 0 atom stereocenters. The molecule has 2 N–H and O–H groups in total. The molecule has 27 heavy (non-hydrogen) atoms. The van der Waals surface area contributed by atoms with Crippen LogP contribution in [0.4, 0.5) is 5.69 Å². The summed E-state index contributed by atoms with van der Waals surface area (Å²) in [5.41, 5.74) is 2.48. The van der Waals surface area contributed by atoms with E-state index in [4.69, 9.17) is 4.74 Å². The first kappa shape index (κ1) is 18.1. The number of imide groups is 1. The molecule has 0 bridgehead atoms. The van der Waals surface area contributed by atoms with Crippen LogP contribution in [0.5, 0.6) is 5.75 Å². The Morgan fingerprint density at radius 3 is 2.52 bits per heavy atom. The summed E-state index contributed by atoms with van der Waals surface area (Å²) in [5, 5.41) is 4.89. The van der Waals surface area contributed by atoms with Gasteiger partial charge in [0.2, 0.25) is 5.91 Å². The molecule has 2 aromatic rings. The average Bonchev–Trinajstić information content (AvgIpc) is 2.99. The summed E-state index contributed by atoms with van der Waals surface area (Å²) in [6.07, 6.45) is 1.19. The fourth-order valence-electron chi connectivity index (χ4n) is 2.68. The van der Waals surface area contributed by atoms with Crippen LogP contribution >= 0.6 is 0 Å². The van der Waals surface area contributed by atoms with Gasteiger partial charge in [0.25, 0.3) is 11.8 Å². The molecule has 0 aromatic heterocycles. The third kappa shape index (κ3) is 4.30. The Hall–Kier alpha value is -3.67. The van der Waals surface area contributed by atoms with E-state index < -0.39 is 11.8 Å². The van der Waals surface area contributed by atoms with E-state index in [0.29, 0.717) is 29.2 Å². The second-order valence-corrected chi connectivity index (χ2v) is 6.02. The van der Waals surface area contributed by atoms with E-state index in [0.717, 1.165) is 5.56 Å². The number of hydrogen-bond acceptors (Lipinski definition) is 4. The molecule has 0 saturated heterocycles. The van der Waals surface area contributed by atoms with Gasteiger partial charge in [-0.25, -0.2) is 0 Å². The number of ether oxygens (including phenoxy) is 1. The highest BCUT2D eigenvalue weighted by molar-refractivity contribution is 6.24.